The number of benzene rings is 1. The molecule has 2 nitrogen and oxygen atoms in total. The van der Waals surface area contributed by atoms with E-state index in [1.807, 2.05) is 0 Å². The van der Waals surface area contributed by atoms with Crippen LogP contribution >= 0.6 is 15.9 Å². The highest BCUT2D eigenvalue weighted by Crippen LogP contribution is 2.27. The molecule has 0 saturated heterocycles. The minimum absolute atomic E-state index is 0.190. The first-order valence-corrected chi connectivity index (χ1v) is 5.07. The van der Waals surface area contributed by atoms with Crippen molar-refractivity contribution in [1.29, 1.82) is 0 Å². The number of halogens is 5. The Kier molecular flexibility index (Phi) is 4.01. The third kappa shape index (κ3) is 3.26. The van der Waals surface area contributed by atoms with E-state index >= 15 is 0 Å². The Morgan fingerprint density at radius 3 is 2.56 bits per heavy atom. The Labute approximate surface area is 97.9 Å². The highest BCUT2D eigenvalue weighted by Gasteiger charge is 2.40. The van der Waals surface area contributed by atoms with Gasteiger partial charge in [0.15, 0.2) is 0 Å². The lowest BCUT2D eigenvalue weighted by Gasteiger charge is -2.17. The molecule has 0 heterocycles. The number of hydrogen-bond donors (Lipinski definition) is 2. The number of hydrogen-bond acceptors (Lipinski definition) is 2. The van der Waals surface area contributed by atoms with E-state index in [-0.39, 0.29) is 11.4 Å². The van der Waals surface area contributed by atoms with E-state index in [1.54, 1.807) is 6.07 Å². The van der Waals surface area contributed by atoms with Crippen LogP contribution in [0.15, 0.2) is 22.7 Å². The van der Waals surface area contributed by atoms with Crippen LogP contribution in [0.3, 0.4) is 0 Å². The molecule has 3 N–H and O–H groups in total. The number of rotatable bonds is 4. The van der Waals surface area contributed by atoms with Gasteiger partial charge in [-0.05, 0) is 18.2 Å². The molecule has 16 heavy (non-hydrogen) atoms. The van der Waals surface area contributed by atoms with Crippen LogP contribution in [0.25, 0.3) is 0 Å². The molecule has 0 amide bonds. The van der Waals surface area contributed by atoms with Crippen molar-refractivity contribution in [3.8, 4) is 0 Å². The molecule has 0 spiro atoms. The summed E-state index contributed by atoms with van der Waals surface area (Å²) in [5.74, 6) is -4.07. The first-order chi connectivity index (χ1) is 7.33. The summed E-state index contributed by atoms with van der Waals surface area (Å²) in [5, 5.41) is 2.19. The molecule has 0 aliphatic carbocycles. The standard InChI is InChI=1S/C9H9BrF4N2/c10-5-1-2-6(15)7(3-5)16-4-9(13,14)8(11)12/h1-3,8,16H,4,15H2. The van der Waals surface area contributed by atoms with Crippen LogP contribution in [0.1, 0.15) is 0 Å². The zero-order valence-corrected chi connectivity index (χ0v) is 9.57. The lowest BCUT2D eigenvalue weighted by atomic mass is 10.2. The second-order valence-electron chi connectivity index (χ2n) is 3.15. The maximum absolute atomic E-state index is 12.6. The predicted molar refractivity (Wildman–Crippen MR) is 58.0 cm³/mol. The molecule has 7 heteroatoms. The van der Waals surface area contributed by atoms with Gasteiger partial charge in [0.1, 0.15) is 0 Å². The topological polar surface area (TPSA) is 38.0 Å². The minimum Gasteiger partial charge on any atom is -0.397 e. The molecule has 0 aliphatic rings. The summed E-state index contributed by atoms with van der Waals surface area (Å²) >= 11 is 3.11. The molecule has 1 aromatic rings. The number of nitrogen functional groups attached to an aromatic ring is 1. The maximum atomic E-state index is 12.6. The van der Waals surface area contributed by atoms with E-state index < -0.39 is 18.9 Å². The molecule has 0 bridgehead atoms. The molecular formula is C9H9BrF4N2. The van der Waals surface area contributed by atoms with Crippen molar-refractivity contribution in [2.45, 2.75) is 12.3 Å². The summed E-state index contributed by atoms with van der Waals surface area (Å²) in [4.78, 5) is 0. The summed E-state index contributed by atoms with van der Waals surface area (Å²) in [6.45, 7) is -1.16. The molecule has 0 aliphatic heterocycles. The van der Waals surface area contributed by atoms with Crippen LogP contribution in [0.4, 0.5) is 28.9 Å². The molecule has 0 fully saturated rings. The van der Waals surface area contributed by atoms with E-state index in [1.165, 1.54) is 12.1 Å². The van der Waals surface area contributed by atoms with Crippen molar-refractivity contribution in [1.82, 2.24) is 0 Å². The normalized spacial score (nSPS) is 11.9. The Balaban J connectivity index is 2.71. The number of anilines is 2. The second kappa shape index (κ2) is 4.90. The van der Waals surface area contributed by atoms with Crippen LogP contribution in [-0.4, -0.2) is 18.9 Å². The van der Waals surface area contributed by atoms with Gasteiger partial charge in [-0.1, -0.05) is 15.9 Å². The Morgan fingerprint density at radius 1 is 1.38 bits per heavy atom. The van der Waals surface area contributed by atoms with Gasteiger partial charge in [0, 0.05) is 4.47 Å². The quantitative estimate of drug-likeness (QED) is 0.661. The average molecular weight is 301 g/mol. The molecular weight excluding hydrogens is 292 g/mol. The molecule has 0 atom stereocenters. The van der Waals surface area contributed by atoms with Crippen LogP contribution in [0, 0.1) is 0 Å². The number of nitrogens with one attached hydrogen (secondary N) is 1. The van der Waals surface area contributed by atoms with Gasteiger partial charge < -0.3 is 11.1 Å². The molecule has 0 radical (unpaired) electrons. The largest absolute Gasteiger partial charge is 0.397 e. The van der Waals surface area contributed by atoms with Gasteiger partial charge in [-0.25, -0.2) is 8.78 Å². The van der Waals surface area contributed by atoms with Crippen LogP contribution < -0.4 is 11.1 Å². The number of alkyl halides is 4. The van der Waals surface area contributed by atoms with Crippen molar-refractivity contribution in [3.63, 3.8) is 0 Å². The fourth-order valence-corrected chi connectivity index (χ4v) is 1.33. The van der Waals surface area contributed by atoms with E-state index in [9.17, 15) is 17.6 Å². The molecule has 90 valence electrons. The SMILES string of the molecule is Nc1ccc(Br)cc1NCC(F)(F)C(F)F. The molecule has 1 aromatic carbocycles. The fourth-order valence-electron chi connectivity index (χ4n) is 0.972. The highest BCUT2D eigenvalue weighted by atomic mass is 79.9. The fraction of sp³-hybridized carbons (Fsp3) is 0.333. The number of nitrogens with two attached hydrogens (primary N) is 1. The first kappa shape index (κ1) is 13.1. The summed E-state index contributed by atoms with van der Waals surface area (Å²) < 4.78 is 49.5. The monoisotopic (exact) mass is 300 g/mol. The van der Waals surface area contributed by atoms with Crippen molar-refractivity contribution in [3.05, 3.63) is 22.7 Å². The van der Waals surface area contributed by atoms with Crippen molar-refractivity contribution < 1.29 is 17.6 Å². The van der Waals surface area contributed by atoms with E-state index in [0.717, 1.165) is 0 Å². The third-order valence-corrected chi connectivity index (χ3v) is 2.34. The first-order valence-electron chi connectivity index (χ1n) is 4.28. The Bertz CT molecular complexity index is 371. The van der Waals surface area contributed by atoms with Crippen LogP contribution in [0.5, 0.6) is 0 Å². The Hall–Kier alpha value is -0.980. The lowest BCUT2D eigenvalue weighted by Crippen LogP contribution is -2.34. The Morgan fingerprint density at radius 2 is 2.00 bits per heavy atom. The zero-order chi connectivity index (χ0) is 12.3. The van der Waals surface area contributed by atoms with Crippen molar-refractivity contribution >= 4 is 27.3 Å². The zero-order valence-electron chi connectivity index (χ0n) is 7.98. The van der Waals surface area contributed by atoms with E-state index in [4.69, 9.17) is 5.73 Å². The van der Waals surface area contributed by atoms with Gasteiger partial charge >= 0.3 is 12.3 Å². The second-order valence-corrected chi connectivity index (χ2v) is 4.06. The van der Waals surface area contributed by atoms with Gasteiger partial charge in [-0.2, -0.15) is 8.78 Å². The van der Waals surface area contributed by atoms with Gasteiger partial charge in [0.25, 0.3) is 0 Å². The van der Waals surface area contributed by atoms with Gasteiger partial charge in [-0.15, -0.1) is 0 Å². The lowest BCUT2D eigenvalue weighted by molar-refractivity contribution is -0.117. The smallest absolute Gasteiger partial charge is 0.324 e. The van der Waals surface area contributed by atoms with Crippen LogP contribution in [0.2, 0.25) is 0 Å². The third-order valence-electron chi connectivity index (χ3n) is 1.85. The average Bonchev–Trinajstić information content (AvgIpc) is 2.19. The van der Waals surface area contributed by atoms with Crippen LogP contribution in [-0.2, 0) is 0 Å². The van der Waals surface area contributed by atoms with E-state index in [2.05, 4.69) is 21.2 Å². The molecule has 1 rings (SSSR count). The van der Waals surface area contributed by atoms with Crippen molar-refractivity contribution in [2.75, 3.05) is 17.6 Å². The highest BCUT2D eigenvalue weighted by molar-refractivity contribution is 9.10. The maximum Gasteiger partial charge on any atom is 0.324 e. The summed E-state index contributed by atoms with van der Waals surface area (Å²) in [7, 11) is 0. The van der Waals surface area contributed by atoms with E-state index in [0.29, 0.717) is 4.47 Å². The van der Waals surface area contributed by atoms with Gasteiger partial charge in [-0.3, -0.25) is 0 Å². The molecule has 0 saturated carbocycles. The van der Waals surface area contributed by atoms with Crippen molar-refractivity contribution in [2.24, 2.45) is 0 Å². The molecule has 0 unspecified atom stereocenters. The predicted octanol–water partition coefficient (Wildman–Crippen LogP) is 3.34. The molecule has 0 aromatic heterocycles. The summed E-state index contributed by atoms with van der Waals surface area (Å²) in [6, 6.07) is 4.54. The summed E-state index contributed by atoms with van der Waals surface area (Å²) in [6.07, 6.45) is -3.70. The minimum atomic E-state index is -4.07. The van der Waals surface area contributed by atoms with Gasteiger partial charge in [0.05, 0.1) is 17.9 Å². The van der Waals surface area contributed by atoms with Gasteiger partial charge in [0.2, 0.25) is 0 Å². The summed E-state index contributed by atoms with van der Waals surface area (Å²) in [5.41, 5.74) is 5.88.